The van der Waals surface area contributed by atoms with Crippen LogP contribution >= 0.6 is 0 Å². The Balaban J connectivity index is -0.0000000208. The monoisotopic (exact) mass is 1730 g/mol. The van der Waals surface area contributed by atoms with Crippen molar-refractivity contribution in [3.8, 4) is 0 Å². The third-order valence-electron chi connectivity index (χ3n) is 0. The molecular formula is BiNb9O27PbTi. The van der Waals surface area contributed by atoms with Gasteiger partial charge in [0.15, 0.2) is 0 Å². The summed E-state index contributed by atoms with van der Waals surface area (Å²) in [6.07, 6.45) is 0. The van der Waals surface area contributed by atoms with E-state index in [2.05, 4.69) is 0 Å². The van der Waals surface area contributed by atoms with Gasteiger partial charge < -0.3 is 0 Å². The minimum atomic E-state index is -4.20. The topological polar surface area (TPSA) is 515 Å². The summed E-state index contributed by atoms with van der Waals surface area (Å²) in [4.78, 5) is 0. The number of hydrogen-bond acceptors (Lipinski definition) is 27. The van der Waals surface area contributed by atoms with Crippen LogP contribution in [0.5, 0.6) is 0 Å². The van der Waals surface area contributed by atoms with E-state index in [1.165, 1.54) is 0 Å². The van der Waals surface area contributed by atoms with E-state index in [1.54, 1.807) is 0 Å². The van der Waals surface area contributed by atoms with Crippen LogP contribution in [0.15, 0.2) is 0 Å². The summed E-state index contributed by atoms with van der Waals surface area (Å²) in [6, 6.07) is 0. The van der Waals surface area contributed by atoms with Crippen molar-refractivity contribution in [1.29, 1.82) is 0 Å². The maximum atomic E-state index is 8.60. The van der Waals surface area contributed by atoms with Crippen molar-refractivity contribution in [3.05, 3.63) is 0 Å². The summed E-state index contributed by atoms with van der Waals surface area (Å²) >= 11 is -37.8. The van der Waals surface area contributed by atoms with Crippen molar-refractivity contribution >= 4 is 53.5 Å². The Hall–Kier alpha value is 5.22. The van der Waals surface area contributed by atoms with Crippen LogP contribution in [0.25, 0.3) is 0 Å². The Morgan fingerprint density at radius 2 is 0.231 bits per heavy atom. The Morgan fingerprint density at radius 3 is 0.231 bits per heavy atom. The SMILES string of the molecule is [Bi+3].[O]=[Nb](=[O])[O-].[O]=[Nb](=[O])[O-].[O]=[Nb](=[O])[O-].[O]=[Nb](=[O])[O-].[O]=[Nb](=[O])[O-].[O]=[Nb](=[O])[O-].[O]=[Nb](=[O])[O-].[O]=[Nb](=[O])[O-].[O]=[Nb](=[O])[O-].[Pb+2].[Ti+4]. The van der Waals surface area contributed by atoms with Gasteiger partial charge in [-0.2, -0.15) is 0 Å². The first-order valence-corrected chi connectivity index (χ1v) is 29.2. The molecule has 0 heterocycles. The fourth-order valence-corrected chi connectivity index (χ4v) is 0. The second kappa shape index (κ2) is 74.2. The van der Waals surface area contributed by atoms with E-state index in [0.29, 0.717) is 0 Å². The smallest absolute Gasteiger partial charge is 2.00 e. The largest absolute Gasteiger partial charge is 4.00 e. The van der Waals surface area contributed by atoms with Gasteiger partial charge in [0.25, 0.3) is 0 Å². The van der Waals surface area contributed by atoms with Gasteiger partial charge >= 0.3 is 335 Å². The summed E-state index contributed by atoms with van der Waals surface area (Å²) in [5.74, 6) is 0. The predicted octanol–water partition coefficient (Wildman–Crippen LogP) is -13.6. The Morgan fingerprint density at radius 1 is 0.231 bits per heavy atom. The minimum Gasteiger partial charge on any atom is 2.00 e. The molecule has 39 heteroatoms. The van der Waals surface area contributed by atoms with Crippen LogP contribution in [0.4, 0.5) is 0 Å². The maximum absolute atomic E-state index is 8.60. The van der Waals surface area contributed by atoms with Crippen LogP contribution in [-0.2, 0) is 249 Å². The molecule has 0 fully saturated rings. The van der Waals surface area contributed by atoms with Gasteiger partial charge in [-0.1, -0.05) is 0 Å². The van der Waals surface area contributed by atoms with E-state index in [9.17, 15) is 0 Å². The molecule has 220 valence electrons. The van der Waals surface area contributed by atoms with E-state index in [1.807, 2.05) is 0 Å². The van der Waals surface area contributed by atoms with Crippen LogP contribution in [-0.4, -0.2) is 53.5 Å². The van der Waals surface area contributed by atoms with Gasteiger partial charge in [-0.3, -0.25) is 0 Å². The molecule has 0 spiro atoms. The number of rotatable bonds is 0. The molecule has 0 aliphatic carbocycles. The quantitative estimate of drug-likeness (QED) is 0.203. The first-order chi connectivity index (χ1) is 15.6. The van der Waals surface area contributed by atoms with Gasteiger partial charge in [-0.25, -0.2) is 0 Å². The van der Waals surface area contributed by atoms with E-state index >= 15 is 0 Å². The average Bonchev–Trinajstić information content (AvgIpc) is 2.39. The van der Waals surface area contributed by atoms with Crippen LogP contribution < -0.4 is 32.5 Å². The first-order valence-electron chi connectivity index (χ1n) is 4.93. The van der Waals surface area contributed by atoms with Gasteiger partial charge in [-0.05, 0) is 0 Å². The fraction of sp³-hybridized carbons (Fsp3) is 0. The van der Waals surface area contributed by atoms with E-state index in [0.717, 1.165) is 0 Å². The summed E-state index contributed by atoms with van der Waals surface area (Å²) in [6.45, 7) is 0. The van der Waals surface area contributed by atoms with Crippen molar-refractivity contribution < 1.29 is 282 Å². The maximum Gasteiger partial charge on any atom is 4.00 e. The first kappa shape index (κ1) is 79.6. The molecule has 0 N–H and O–H groups in total. The molecule has 0 bridgehead atoms. The van der Waals surface area contributed by atoms with Crippen molar-refractivity contribution in [3.63, 3.8) is 0 Å². The zero-order valence-corrected chi connectivity index (χ0v) is 45.2. The summed E-state index contributed by atoms with van der Waals surface area (Å²) in [5.41, 5.74) is 0. The van der Waals surface area contributed by atoms with Crippen LogP contribution in [0.1, 0.15) is 0 Å². The van der Waals surface area contributed by atoms with Gasteiger partial charge in [-0.15, -0.1) is 0 Å². The minimum absolute atomic E-state index is 0. The van der Waals surface area contributed by atoms with Gasteiger partial charge in [0.1, 0.15) is 0 Å². The van der Waals surface area contributed by atoms with E-state index in [4.69, 9.17) is 91.0 Å². The number of hydrogen-bond donors (Lipinski definition) is 0. The Bertz CT molecular complexity index is 770. The molecule has 39 heavy (non-hydrogen) atoms. The van der Waals surface area contributed by atoms with Crippen molar-refractivity contribution in [2.75, 3.05) is 0 Å². The van der Waals surface area contributed by atoms with Gasteiger partial charge in [0.2, 0.25) is 0 Å². The van der Waals surface area contributed by atoms with Gasteiger partial charge in [0, 0.05) is 0 Å². The third kappa shape index (κ3) is 2690. The van der Waals surface area contributed by atoms with Crippen LogP contribution in [0, 0.1) is 0 Å². The molecule has 0 aromatic heterocycles. The summed E-state index contributed by atoms with van der Waals surface area (Å²) < 4.78 is 232. The van der Waals surface area contributed by atoms with Crippen molar-refractivity contribution in [1.82, 2.24) is 0 Å². The molecule has 0 aliphatic rings. The second-order valence-corrected chi connectivity index (χ2v) is 11.9. The molecule has 0 saturated heterocycles. The summed E-state index contributed by atoms with van der Waals surface area (Å²) in [7, 11) is 0. The molecule has 27 nitrogen and oxygen atoms in total. The Kier molecular flexibility index (Phi) is 151. The zero-order valence-electron chi connectivity index (χ0n) is 16.5. The zero-order chi connectivity index (χ0) is 32.2. The molecule has 0 aromatic rings. The van der Waals surface area contributed by atoms with Crippen molar-refractivity contribution in [2.24, 2.45) is 0 Å². The predicted molar refractivity (Wildman–Crippen MR) is 23.9 cm³/mol. The van der Waals surface area contributed by atoms with Gasteiger partial charge in [0.05, 0.1) is 0 Å². The Labute approximate surface area is 327 Å². The van der Waals surface area contributed by atoms with E-state index in [-0.39, 0.29) is 75.2 Å². The second-order valence-electron chi connectivity index (χ2n) is 2.01. The standard InChI is InChI=1S/Bi.9Nb.27O.Pb.Ti/q+3;;;;;;;;;;;;;;;;;;;;;;;;;;;;9*-1;+2;+4. The third-order valence-corrected chi connectivity index (χ3v) is 0. The average molecular weight is 1730 g/mol. The van der Waals surface area contributed by atoms with Crippen LogP contribution in [0.3, 0.4) is 0 Å². The molecule has 4 radical (unpaired) electrons. The molecule has 0 aliphatic heterocycles. The normalized spacial score (nSPS) is 5.77. The molecule has 0 aromatic carbocycles. The molecular weight excluding hydrogens is 1730 g/mol. The molecule has 0 saturated carbocycles. The fourth-order valence-electron chi connectivity index (χ4n) is 0. The van der Waals surface area contributed by atoms with E-state index < -0.39 is 169 Å². The molecule has 0 atom stereocenters. The molecule has 0 amide bonds. The molecule has 0 rings (SSSR count). The van der Waals surface area contributed by atoms with Crippen LogP contribution in [0.2, 0.25) is 0 Å². The van der Waals surface area contributed by atoms with Crippen molar-refractivity contribution in [2.45, 2.75) is 0 Å². The molecule has 0 unspecified atom stereocenters. The summed E-state index contributed by atoms with van der Waals surface area (Å²) in [5, 5.41) is 0.